The van der Waals surface area contributed by atoms with Crippen molar-refractivity contribution in [2.75, 3.05) is 75.9 Å². The van der Waals surface area contributed by atoms with E-state index in [0.29, 0.717) is 50.2 Å². The Morgan fingerprint density at radius 3 is 2.54 bits per heavy atom. The molecular weight excluding hydrogens is 452 g/mol. The highest BCUT2D eigenvalue weighted by Crippen LogP contribution is 2.23. The Morgan fingerprint density at radius 1 is 1.20 bits per heavy atom. The number of carbonyl (C=O) groups is 1. The van der Waals surface area contributed by atoms with Gasteiger partial charge in [-0.3, -0.25) is 4.90 Å². The standard InChI is InChI=1S/C23H40N8O4/c1-17-16-28(13-14-34-5)7-6-8-31(17)21-25-18(20(24)27-33)15-19(26-21)29-9-11-30(12-10-29)22(32)35-23(2,3)4/h15,17,33H,6-14,16H2,1-5H3,(H2,24,27)/t17-/m0/s1. The van der Waals surface area contributed by atoms with Crippen molar-refractivity contribution in [3.8, 4) is 0 Å². The molecule has 1 aromatic rings. The van der Waals surface area contributed by atoms with Crippen LogP contribution >= 0.6 is 0 Å². The highest BCUT2D eigenvalue weighted by atomic mass is 16.6. The minimum Gasteiger partial charge on any atom is -0.444 e. The fourth-order valence-electron chi connectivity index (χ4n) is 4.31. The van der Waals surface area contributed by atoms with Gasteiger partial charge in [0.2, 0.25) is 5.95 Å². The van der Waals surface area contributed by atoms with E-state index in [1.807, 2.05) is 20.8 Å². The molecule has 3 heterocycles. The fourth-order valence-corrected chi connectivity index (χ4v) is 4.31. The van der Waals surface area contributed by atoms with Crippen molar-refractivity contribution >= 4 is 23.7 Å². The van der Waals surface area contributed by atoms with E-state index in [2.05, 4.69) is 31.8 Å². The summed E-state index contributed by atoms with van der Waals surface area (Å²) in [5, 5.41) is 12.5. The number of nitrogens with zero attached hydrogens (tertiary/aromatic N) is 7. The number of methoxy groups -OCH3 is 1. The van der Waals surface area contributed by atoms with Gasteiger partial charge in [0.25, 0.3) is 0 Å². The SMILES string of the molecule is COCCN1CCCN(c2nc(/C(N)=N/O)cc(N3CCN(C(=O)OC(C)(C)C)CC3)n2)[C@@H](C)C1. The number of rotatable bonds is 6. The van der Waals surface area contributed by atoms with Crippen LogP contribution in [0.25, 0.3) is 0 Å². The van der Waals surface area contributed by atoms with Gasteiger partial charge in [0.1, 0.15) is 17.1 Å². The zero-order chi connectivity index (χ0) is 25.6. The summed E-state index contributed by atoms with van der Waals surface area (Å²) >= 11 is 0. The van der Waals surface area contributed by atoms with Gasteiger partial charge in [-0.1, -0.05) is 5.16 Å². The smallest absolute Gasteiger partial charge is 0.410 e. The van der Waals surface area contributed by atoms with E-state index >= 15 is 0 Å². The molecule has 2 aliphatic rings. The van der Waals surface area contributed by atoms with Gasteiger partial charge < -0.3 is 35.1 Å². The molecule has 0 unspecified atom stereocenters. The topological polar surface area (TPSA) is 133 Å². The molecule has 12 nitrogen and oxygen atoms in total. The predicted octanol–water partition coefficient (Wildman–Crippen LogP) is 1.18. The molecule has 1 atom stereocenters. The largest absolute Gasteiger partial charge is 0.444 e. The van der Waals surface area contributed by atoms with Crippen molar-refractivity contribution in [2.45, 2.75) is 45.8 Å². The number of hydrogen-bond acceptors (Lipinski definition) is 10. The van der Waals surface area contributed by atoms with Crippen LogP contribution in [-0.2, 0) is 9.47 Å². The van der Waals surface area contributed by atoms with Gasteiger partial charge >= 0.3 is 6.09 Å². The summed E-state index contributed by atoms with van der Waals surface area (Å²) in [6.45, 7) is 14.2. The number of ether oxygens (including phenoxy) is 2. The maximum Gasteiger partial charge on any atom is 0.410 e. The third-order valence-electron chi connectivity index (χ3n) is 6.12. The molecule has 3 rings (SSSR count). The maximum atomic E-state index is 12.4. The number of amides is 1. The minimum atomic E-state index is -0.533. The van der Waals surface area contributed by atoms with E-state index in [9.17, 15) is 10.0 Å². The second kappa shape index (κ2) is 11.7. The number of amidine groups is 1. The lowest BCUT2D eigenvalue weighted by Gasteiger charge is -2.36. The number of aromatic nitrogens is 2. The van der Waals surface area contributed by atoms with Gasteiger partial charge in [0.15, 0.2) is 5.84 Å². The molecule has 0 saturated carbocycles. The van der Waals surface area contributed by atoms with Crippen LogP contribution in [0.5, 0.6) is 0 Å². The van der Waals surface area contributed by atoms with Crippen LogP contribution in [0.1, 0.15) is 39.8 Å². The Bertz CT molecular complexity index is 883. The molecule has 196 valence electrons. The molecular formula is C23H40N8O4. The Balaban J connectivity index is 1.78. The van der Waals surface area contributed by atoms with Crippen LogP contribution in [-0.4, -0.2) is 115 Å². The van der Waals surface area contributed by atoms with Crippen molar-refractivity contribution in [3.63, 3.8) is 0 Å². The van der Waals surface area contributed by atoms with Gasteiger partial charge in [0.05, 0.1) is 6.61 Å². The molecule has 1 aromatic heterocycles. The predicted molar refractivity (Wildman–Crippen MR) is 134 cm³/mol. The minimum absolute atomic E-state index is 0.0634. The summed E-state index contributed by atoms with van der Waals surface area (Å²) in [4.78, 5) is 30.3. The van der Waals surface area contributed by atoms with Crippen LogP contribution in [0.2, 0.25) is 0 Å². The summed E-state index contributed by atoms with van der Waals surface area (Å²) in [7, 11) is 1.72. The third kappa shape index (κ3) is 7.31. The molecule has 0 aliphatic carbocycles. The first-order valence-electron chi connectivity index (χ1n) is 12.2. The third-order valence-corrected chi connectivity index (χ3v) is 6.12. The van der Waals surface area contributed by atoms with Crippen molar-refractivity contribution < 1.29 is 19.5 Å². The highest BCUT2D eigenvalue weighted by molar-refractivity contribution is 5.96. The number of anilines is 2. The molecule has 0 bridgehead atoms. The van der Waals surface area contributed by atoms with Crippen LogP contribution in [0.3, 0.4) is 0 Å². The van der Waals surface area contributed by atoms with Gasteiger partial charge in [-0.2, -0.15) is 4.98 Å². The Labute approximate surface area is 207 Å². The van der Waals surface area contributed by atoms with E-state index in [1.165, 1.54) is 0 Å². The zero-order valence-corrected chi connectivity index (χ0v) is 21.6. The van der Waals surface area contributed by atoms with E-state index in [-0.39, 0.29) is 18.0 Å². The van der Waals surface area contributed by atoms with Crippen molar-refractivity contribution in [2.24, 2.45) is 10.9 Å². The molecule has 12 heteroatoms. The number of piperazine rings is 1. The molecule has 0 spiro atoms. The lowest BCUT2D eigenvalue weighted by Crippen LogP contribution is -2.50. The zero-order valence-electron chi connectivity index (χ0n) is 21.6. The van der Waals surface area contributed by atoms with E-state index in [4.69, 9.17) is 20.2 Å². The lowest BCUT2D eigenvalue weighted by molar-refractivity contribution is 0.0240. The number of carbonyl (C=O) groups excluding carboxylic acids is 1. The summed E-state index contributed by atoms with van der Waals surface area (Å²) < 4.78 is 10.7. The molecule has 2 saturated heterocycles. The Hall–Kier alpha value is -2.86. The monoisotopic (exact) mass is 492 g/mol. The normalized spacial score (nSPS) is 20.7. The first-order valence-corrected chi connectivity index (χ1v) is 12.2. The summed E-state index contributed by atoms with van der Waals surface area (Å²) in [5.74, 6) is 1.18. The number of oxime groups is 1. The Morgan fingerprint density at radius 2 is 1.91 bits per heavy atom. The molecule has 0 radical (unpaired) electrons. The van der Waals surface area contributed by atoms with Gasteiger partial charge in [-0.15, -0.1) is 0 Å². The van der Waals surface area contributed by atoms with E-state index < -0.39 is 5.60 Å². The molecule has 2 fully saturated rings. The number of hydrogen-bond donors (Lipinski definition) is 2. The van der Waals surface area contributed by atoms with Crippen LogP contribution in [0.15, 0.2) is 11.2 Å². The second-order valence-electron chi connectivity index (χ2n) is 10.0. The van der Waals surface area contributed by atoms with E-state index in [0.717, 1.165) is 32.6 Å². The lowest BCUT2D eigenvalue weighted by atomic mass is 10.2. The van der Waals surface area contributed by atoms with Gasteiger partial charge in [-0.25, -0.2) is 9.78 Å². The average molecular weight is 493 g/mol. The van der Waals surface area contributed by atoms with Gasteiger partial charge in [0, 0.05) is 65.0 Å². The highest BCUT2D eigenvalue weighted by Gasteiger charge is 2.29. The van der Waals surface area contributed by atoms with Crippen LogP contribution < -0.4 is 15.5 Å². The fraction of sp³-hybridized carbons (Fsp3) is 0.739. The van der Waals surface area contributed by atoms with E-state index in [1.54, 1.807) is 18.1 Å². The van der Waals surface area contributed by atoms with Crippen LogP contribution in [0, 0.1) is 0 Å². The summed E-state index contributed by atoms with van der Waals surface area (Å²) in [5.41, 5.74) is 5.77. The second-order valence-corrected chi connectivity index (χ2v) is 10.0. The number of nitrogens with two attached hydrogens (primary N) is 1. The molecule has 35 heavy (non-hydrogen) atoms. The first kappa shape index (κ1) is 26.7. The molecule has 0 aromatic carbocycles. The summed E-state index contributed by atoms with van der Waals surface area (Å²) in [6, 6.07) is 1.91. The Kier molecular flexibility index (Phi) is 8.95. The van der Waals surface area contributed by atoms with Crippen molar-refractivity contribution in [3.05, 3.63) is 11.8 Å². The average Bonchev–Trinajstić information content (AvgIpc) is 3.01. The maximum absolute atomic E-state index is 12.4. The molecule has 2 aliphatic heterocycles. The first-order chi connectivity index (χ1) is 16.6. The van der Waals surface area contributed by atoms with Gasteiger partial charge in [-0.05, 0) is 40.7 Å². The quantitative estimate of drug-likeness (QED) is 0.258. The molecule has 1 amide bonds. The van der Waals surface area contributed by atoms with Crippen molar-refractivity contribution in [1.29, 1.82) is 0 Å². The molecule has 3 N–H and O–H groups in total. The summed E-state index contributed by atoms with van der Waals surface area (Å²) in [6.07, 6.45) is 0.657. The van der Waals surface area contributed by atoms with Crippen LogP contribution in [0.4, 0.5) is 16.6 Å². The van der Waals surface area contributed by atoms with Crippen molar-refractivity contribution in [1.82, 2.24) is 19.8 Å².